The van der Waals surface area contributed by atoms with Gasteiger partial charge in [0.1, 0.15) is 5.78 Å². The van der Waals surface area contributed by atoms with Gasteiger partial charge >= 0.3 is 6.20 Å². The molecule has 0 aromatic carbocycles. The Labute approximate surface area is 58.8 Å². The largest absolute Gasteiger partial charge is 0.505 e. The minimum atomic E-state index is -0.0855. The van der Waals surface area contributed by atoms with Gasteiger partial charge in [0, 0.05) is 12.8 Å². The Hall–Kier alpha value is -1.37. The van der Waals surface area contributed by atoms with Crippen LogP contribution in [0.1, 0.15) is 19.8 Å². The minimum Gasteiger partial charge on any atom is -0.505 e. The monoisotopic (exact) mass is 141 g/mol. The molecular formula is C6H9N2O2+. The molecule has 0 fully saturated rings. The number of Topliss-reactive ketones (excluding diaryl/α,β-unsaturated/α-hetero) is 1. The number of rotatable bonds is 3. The van der Waals surface area contributed by atoms with E-state index in [1.54, 1.807) is 0 Å². The number of hydrogen-bond donors (Lipinski definition) is 1. The molecule has 0 rings (SSSR count). The summed E-state index contributed by atoms with van der Waals surface area (Å²) in [5, 5.41) is 16.7. The summed E-state index contributed by atoms with van der Waals surface area (Å²) in [7, 11) is 0. The van der Waals surface area contributed by atoms with Crippen molar-refractivity contribution in [2.24, 2.45) is 0 Å². The van der Waals surface area contributed by atoms with E-state index in [9.17, 15) is 4.79 Å². The van der Waals surface area contributed by atoms with Crippen molar-refractivity contribution in [2.75, 3.05) is 0 Å². The van der Waals surface area contributed by atoms with Gasteiger partial charge in [-0.15, -0.1) is 0 Å². The van der Waals surface area contributed by atoms with Crippen molar-refractivity contribution in [1.82, 2.24) is 0 Å². The molecule has 0 spiro atoms. The van der Waals surface area contributed by atoms with E-state index in [1.807, 2.05) is 0 Å². The fourth-order valence-corrected chi connectivity index (χ4v) is 0.435. The third kappa shape index (κ3) is 4.78. The molecule has 0 aliphatic rings. The van der Waals surface area contributed by atoms with E-state index in [0.29, 0.717) is 0 Å². The SMILES string of the molecule is CC(=O)CC/C(O)=C/[N+]#N. The first-order valence-corrected chi connectivity index (χ1v) is 2.88. The standard InChI is InChI=1S/C6H8N2O2/c1-5(9)2-3-6(10)4-8-7/h4H,2-3H2,1H3/p+1/b6-4-. The first kappa shape index (κ1) is 8.63. The molecule has 0 aliphatic carbocycles. The maximum Gasteiger partial charge on any atom is 0.387 e. The van der Waals surface area contributed by atoms with E-state index >= 15 is 0 Å². The van der Waals surface area contributed by atoms with Crippen LogP contribution in [-0.4, -0.2) is 10.9 Å². The Balaban J connectivity index is 3.62. The van der Waals surface area contributed by atoms with E-state index in [1.165, 1.54) is 6.92 Å². The molecule has 0 aromatic rings. The summed E-state index contributed by atoms with van der Waals surface area (Å²) in [5.74, 6) is -0.0874. The molecule has 0 bridgehead atoms. The van der Waals surface area contributed by atoms with Crippen LogP contribution in [0.5, 0.6) is 0 Å². The quantitative estimate of drug-likeness (QED) is 0.479. The van der Waals surface area contributed by atoms with Gasteiger partial charge in [-0.05, 0) is 6.92 Å². The Morgan fingerprint density at radius 1 is 1.70 bits per heavy atom. The van der Waals surface area contributed by atoms with Crippen LogP contribution in [0.4, 0.5) is 0 Å². The van der Waals surface area contributed by atoms with Crippen LogP contribution in [0.15, 0.2) is 12.0 Å². The summed E-state index contributed by atoms with van der Waals surface area (Å²) in [4.78, 5) is 12.9. The number of nitrogens with zero attached hydrogens (tertiary/aromatic N) is 2. The lowest BCUT2D eigenvalue weighted by Gasteiger charge is -1.89. The van der Waals surface area contributed by atoms with Crippen molar-refractivity contribution < 1.29 is 9.90 Å². The van der Waals surface area contributed by atoms with E-state index in [4.69, 9.17) is 10.5 Å². The number of ketones is 1. The number of carbonyl (C=O) groups is 1. The first-order chi connectivity index (χ1) is 4.66. The normalized spacial score (nSPS) is 10.6. The number of allylic oxidation sites excluding steroid dienone is 1. The second-order valence-electron chi connectivity index (χ2n) is 1.94. The Kier molecular flexibility index (Phi) is 3.89. The van der Waals surface area contributed by atoms with Gasteiger partial charge in [0.25, 0.3) is 0 Å². The minimum absolute atomic E-state index is 0.00195. The van der Waals surface area contributed by atoms with Crippen LogP contribution in [0, 0.1) is 5.39 Å². The van der Waals surface area contributed by atoms with Crippen molar-refractivity contribution in [2.45, 2.75) is 19.8 Å². The summed E-state index contributed by atoms with van der Waals surface area (Å²) >= 11 is 0. The Morgan fingerprint density at radius 3 is 2.70 bits per heavy atom. The average Bonchev–Trinajstić information content (AvgIpc) is 1.85. The molecule has 0 atom stereocenters. The summed E-state index contributed by atoms with van der Waals surface area (Å²) < 4.78 is 0. The number of hydrogen-bond acceptors (Lipinski definition) is 3. The van der Waals surface area contributed by atoms with Gasteiger partial charge in [-0.1, -0.05) is 0 Å². The lowest BCUT2D eigenvalue weighted by molar-refractivity contribution is -0.117. The van der Waals surface area contributed by atoms with Gasteiger partial charge in [0.05, 0.1) is 0 Å². The van der Waals surface area contributed by atoms with E-state index < -0.39 is 0 Å². The average molecular weight is 141 g/mol. The molecule has 0 radical (unpaired) electrons. The molecule has 0 saturated heterocycles. The fraction of sp³-hybridized carbons (Fsp3) is 0.500. The van der Waals surface area contributed by atoms with Gasteiger partial charge in [-0.25, -0.2) is 0 Å². The molecule has 0 unspecified atom stereocenters. The highest BCUT2D eigenvalue weighted by Crippen LogP contribution is 2.00. The highest BCUT2D eigenvalue weighted by atomic mass is 16.3. The van der Waals surface area contributed by atoms with Crippen LogP contribution in [0.3, 0.4) is 0 Å². The van der Waals surface area contributed by atoms with Crippen molar-refractivity contribution in [3.63, 3.8) is 0 Å². The van der Waals surface area contributed by atoms with Gasteiger partial charge < -0.3 is 9.90 Å². The Bertz CT molecular complexity index is 190. The fourth-order valence-electron chi connectivity index (χ4n) is 0.435. The van der Waals surface area contributed by atoms with Crippen molar-refractivity contribution in [3.05, 3.63) is 16.9 Å². The van der Waals surface area contributed by atoms with Crippen LogP contribution >= 0.6 is 0 Å². The maximum absolute atomic E-state index is 10.3. The molecule has 0 heterocycles. The lowest BCUT2D eigenvalue weighted by Crippen LogP contribution is -1.90. The number of aliphatic hydroxyl groups is 1. The molecule has 0 aliphatic heterocycles. The van der Waals surface area contributed by atoms with Gasteiger partial charge in [0.2, 0.25) is 5.39 Å². The van der Waals surface area contributed by atoms with Crippen molar-refractivity contribution >= 4 is 5.78 Å². The zero-order valence-electron chi connectivity index (χ0n) is 5.74. The van der Waals surface area contributed by atoms with E-state index in [-0.39, 0.29) is 24.4 Å². The smallest absolute Gasteiger partial charge is 0.387 e. The van der Waals surface area contributed by atoms with Crippen LogP contribution < -0.4 is 0 Å². The number of aliphatic hydroxyl groups excluding tert-OH is 1. The highest BCUT2D eigenvalue weighted by molar-refractivity contribution is 5.75. The highest BCUT2D eigenvalue weighted by Gasteiger charge is 2.00. The van der Waals surface area contributed by atoms with Gasteiger partial charge in [-0.3, -0.25) is 0 Å². The molecule has 0 saturated carbocycles. The predicted molar refractivity (Wildman–Crippen MR) is 35.7 cm³/mol. The molecule has 4 nitrogen and oxygen atoms in total. The van der Waals surface area contributed by atoms with Gasteiger partial charge in [-0.2, -0.15) is 0 Å². The van der Waals surface area contributed by atoms with Crippen LogP contribution in [0.25, 0.3) is 4.98 Å². The van der Waals surface area contributed by atoms with Crippen molar-refractivity contribution in [3.8, 4) is 0 Å². The van der Waals surface area contributed by atoms with Crippen molar-refractivity contribution in [1.29, 1.82) is 5.39 Å². The molecule has 54 valence electrons. The molecule has 0 aromatic heterocycles. The topological polar surface area (TPSA) is 65.4 Å². The Morgan fingerprint density at radius 2 is 2.30 bits per heavy atom. The summed E-state index contributed by atoms with van der Waals surface area (Å²) in [6.45, 7) is 1.43. The number of carbonyl (C=O) groups excluding carboxylic acids is 1. The molecule has 1 N–H and O–H groups in total. The third-order valence-corrected chi connectivity index (χ3v) is 0.940. The van der Waals surface area contributed by atoms with Gasteiger partial charge in [0.15, 0.2) is 10.7 Å². The zero-order valence-corrected chi connectivity index (χ0v) is 5.74. The second-order valence-corrected chi connectivity index (χ2v) is 1.94. The maximum atomic E-state index is 10.3. The van der Waals surface area contributed by atoms with Crippen LogP contribution in [-0.2, 0) is 4.79 Å². The molecule has 10 heavy (non-hydrogen) atoms. The third-order valence-electron chi connectivity index (χ3n) is 0.940. The molecular weight excluding hydrogens is 132 g/mol. The number of diazo groups is 1. The summed E-state index contributed by atoms with van der Waals surface area (Å²) in [6.07, 6.45) is 1.42. The first-order valence-electron chi connectivity index (χ1n) is 2.88. The van der Waals surface area contributed by atoms with E-state index in [0.717, 1.165) is 6.20 Å². The van der Waals surface area contributed by atoms with E-state index in [2.05, 4.69) is 4.98 Å². The molecule has 0 amide bonds. The predicted octanol–water partition coefficient (Wildman–Crippen LogP) is 1.61. The molecule has 4 heteroatoms. The lowest BCUT2D eigenvalue weighted by atomic mass is 10.2. The summed E-state index contributed by atoms with van der Waals surface area (Å²) in [6, 6.07) is 0. The zero-order chi connectivity index (χ0) is 7.98. The summed E-state index contributed by atoms with van der Waals surface area (Å²) in [5.41, 5.74) is 0. The second kappa shape index (κ2) is 4.50. The van der Waals surface area contributed by atoms with Crippen LogP contribution in [0.2, 0.25) is 0 Å².